The third-order valence-corrected chi connectivity index (χ3v) is 3.43. The van der Waals surface area contributed by atoms with E-state index in [1.165, 1.54) is 31.4 Å². The lowest BCUT2D eigenvalue weighted by molar-refractivity contribution is 0.0908. The molecule has 2 aromatic rings. The average Bonchev–Trinajstić information content (AvgIpc) is 2.52. The summed E-state index contributed by atoms with van der Waals surface area (Å²) in [5.41, 5.74) is -0.297. The van der Waals surface area contributed by atoms with Gasteiger partial charge in [0.15, 0.2) is 0 Å². The predicted octanol–water partition coefficient (Wildman–Crippen LogP) is 3.09. The summed E-state index contributed by atoms with van der Waals surface area (Å²) in [5.74, 6) is -2.07. The first-order valence-electron chi connectivity index (χ1n) is 6.67. The highest BCUT2D eigenvalue weighted by Gasteiger charge is 2.19. The molecule has 0 aliphatic heterocycles. The second-order valence-corrected chi connectivity index (χ2v) is 5.14. The van der Waals surface area contributed by atoms with Gasteiger partial charge < -0.3 is 15.2 Å². The summed E-state index contributed by atoms with van der Waals surface area (Å²) in [6.45, 7) is -0.359. The SMILES string of the molecule is COc1cc(Cl)ccc1C(=O)NCC(O)c1c(F)cccc1F. The van der Waals surface area contributed by atoms with Crippen LogP contribution < -0.4 is 10.1 Å². The molecule has 0 radical (unpaired) electrons. The highest BCUT2D eigenvalue weighted by atomic mass is 35.5. The largest absolute Gasteiger partial charge is 0.496 e. The van der Waals surface area contributed by atoms with Crippen molar-refractivity contribution in [1.29, 1.82) is 0 Å². The van der Waals surface area contributed by atoms with Gasteiger partial charge in [-0.3, -0.25) is 4.79 Å². The van der Waals surface area contributed by atoms with Crippen LogP contribution in [-0.4, -0.2) is 24.7 Å². The molecule has 0 bridgehead atoms. The molecule has 23 heavy (non-hydrogen) atoms. The van der Waals surface area contributed by atoms with Gasteiger partial charge in [-0.2, -0.15) is 0 Å². The van der Waals surface area contributed by atoms with Crippen LogP contribution in [0.2, 0.25) is 5.02 Å². The number of nitrogens with one attached hydrogen (secondary N) is 1. The number of carbonyl (C=O) groups is 1. The van der Waals surface area contributed by atoms with Crippen molar-refractivity contribution in [3.8, 4) is 5.75 Å². The van der Waals surface area contributed by atoms with Gasteiger partial charge in [-0.25, -0.2) is 8.78 Å². The van der Waals surface area contributed by atoms with Crippen molar-refractivity contribution in [2.75, 3.05) is 13.7 Å². The van der Waals surface area contributed by atoms with Crippen molar-refractivity contribution in [3.63, 3.8) is 0 Å². The topological polar surface area (TPSA) is 58.6 Å². The van der Waals surface area contributed by atoms with Crippen LogP contribution in [0.3, 0.4) is 0 Å². The minimum absolute atomic E-state index is 0.193. The molecule has 4 nitrogen and oxygen atoms in total. The first-order valence-corrected chi connectivity index (χ1v) is 7.05. The first-order chi connectivity index (χ1) is 10.9. The number of hydrogen-bond acceptors (Lipinski definition) is 3. The molecule has 2 aromatic carbocycles. The van der Waals surface area contributed by atoms with Gasteiger partial charge in [-0.05, 0) is 30.3 Å². The lowest BCUT2D eigenvalue weighted by Gasteiger charge is -2.15. The van der Waals surface area contributed by atoms with E-state index in [1.807, 2.05) is 0 Å². The van der Waals surface area contributed by atoms with Crippen molar-refractivity contribution in [2.24, 2.45) is 0 Å². The summed E-state index contributed by atoms with van der Waals surface area (Å²) in [7, 11) is 1.38. The summed E-state index contributed by atoms with van der Waals surface area (Å²) in [4.78, 5) is 12.1. The van der Waals surface area contributed by atoms with Gasteiger partial charge in [0.2, 0.25) is 0 Å². The van der Waals surface area contributed by atoms with E-state index in [1.54, 1.807) is 0 Å². The van der Waals surface area contributed by atoms with Crippen molar-refractivity contribution < 1.29 is 23.4 Å². The van der Waals surface area contributed by atoms with Gasteiger partial charge in [-0.1, -0.05) is 17.7 Å². The zero-order valence-corrected chi connectivity index (χ0v) is 12.9. The Morgan fingerprint density at radius 2 is 1.96 bits per heavy atom. The molecule has 1 amide bonds. The highest BCUT2D eigenvalue weighted by Crippen LogP contribution is 2.24. The molecule has 7 heteroatoms. The Balaban J connectivity index is 2.10. The lowest BCUT2D eigenvalue weighted by Crippen LogP contribution is -2.29. The van der Waals surface area contributed by atoms with Gasteiger partial charge in [0.25, 0.3) is 5.91 Å². The van der Waals surface area contributed by atoms with Crippen LogP contribution >= 0.6 is 11.6 Å². The summed E-state index contributed by atoms with van der Waals surface area (Å²) < 4.78 is 32.2. The number of aliphatic hydroxyl groups excluding tert-OH is 1. The number of carbonyl (C=O) groups excluding carboxylic acids is 1. The second-order valence-electron chi connectivity index (χ2n) is 4.71. The molecule has 122 valence electrons. The zero-order chi connectivity index (χ0) is 17.0. The van der Waals surface area contributed by atoms with Crippen LogP contribution in [-0.2, 0) is 0 Å². The average molecular weight is 342 g/mol. The molecule has 0 fully saturated rings. The highest BCUT2D eigenvalue weighted by molar-refractivity contribution is 6.30. The number of methoxy groups -OCH3 is 1. The number of hydrogen-bond donors (Lipinski definition) is 2. The third-order valence-electron chi connectivity index (χ3n) is 3.20. The maximum atomic E-state index is 13.6. The maximum absolute atomic E-state index is 13.6. The van der Waals surface area contributed by atoms with Crippen LogP contribution in [0.15, 0.2) is 36.4 Å². The maximum Gasteiger partial charge on any atom is 0.255 e. The quantitative estimate of drug-likeness (QED) is 0.878. The Labute approximate surface area is 136 Å². The van der Waals surface area contributed by atoms with Crippen LogP contribution in [0.25, 0.3) is 0 Å². The van der Waals surface area contributed by atoms with E-state index in [-0.39, 0.29) is 17.9 Å². The number of rotatable bonds is 5. The van der Waals surface area contributed by atoms with E-state index >= 15 is 0 Å². The monoisotopic (exact) mass is 341 g/mol. The van der Waals surface area contributed by atoms with Gasteiger partial charge in [0.05, 0.1) is 18.2 Å². The van der Waals surface area contributed by atoms with Crippen molar-refractivity contribution in [2.45, 2.75) is 6.10 Å². The number of aliphatic hydroxyl groups is 1. The molecule has 2 N–H and O–H groups in total. The third kappa shape index (κ3) is 3.97. The van der Waals surface area contributed by atoms with E-state index in [9.17, 15) is 18.7 Å². The molecule has 1 atom stereocenters. The lowest BCUT2D eigenvalue weighted by atomic mass is 10.1. The molecule has 0 aliphatic rings. The Kier molecular flexibility index (Phi) is 5.52. The molecule has 0 spiro atoms. The normalized spacial score (nSPS) is 11.9. The molecule has 0 saturated heterocycles. The van der Waals surface area contributed by atoms with Crippen LogP contribution in [0.5, 0.6) is 5.75 Å². The van der Waals surface area contributed by atoms with Gasteiger partial charge in [-0.15, -0.1) is 0 Å². The number of amides is 1. The number of ether oxygens (including phenoxy) is 1. The Bertz CT molecular complexity index is 704. The molecular weight excluding hydrogens is 328 g/mol. The van der Waals surface area contributed by atoms with E-state index < -0.39 is 29.2 Å². The summed E-state index contributed by atoms with van der Waals surface area (Å²) >= 11 is 5.81. The van der Waals surface area contributed by atoms with E-state index in [4.69, 9.17) is 16.3 Å². The van der Waals surface area contributed by atoms with Crippen LogP contribution in [0.1, 0.15) is 22.0 Å². The van der Waals surface area contributed by atoms with E-state index in [2.05, 4.69) is 5.32 Å². The molecule has 1 unspecified atom stereocenters. The molecular formula is C16H14ClF2NO3. The molecule has 0 aliphatic carbocycles. The Morgan fingerprint density at radius 3 is 2.57 bits per heavy atom. The standard InChI is InChI=1S/C16H14ClF2NO3/c1-23-14-7-9(17)5-6-10(14)16(22)20-8-13(21)15-11(18)3-2-4-12(15)19/h2-7,13,21H,8H2,1H3,(H,20,22). The van der Waals surface area contributed by atoms with E-state index in [0.29, 0.717) is 5.02 Å². The minimum atomic E-state index is -1.52. The van der Waals surface area contributed by atoms with Crippen LogP contribution in [0.4, 0.5) is 8.78 Å². The van der Waals surface area contributed by atoms with Crippen LogP contribution in [0, 0.1) is 11.6 Å². The number of halogens is 3. The second kappa shape index (κ2) is 7.39. The smallest absolute Gasteiger partial charge is 0.255 e. The van der Waals surface area contributed by atoms with Crippen molar-refractivity contribution >= 4 is 17.5 Å². The first kappa shape index (κ1) is 17.2. The molecule has 0 heterocycles. The van der Waals surface area contributed by atoms with E-state index in [0.717, 1.165) is 12.1 Å². The molecule has 0 aromatic heterocycles. The van der Waals surface area contributed by atoms with Crippen molar-refractivity contribution in [1.82, 2.24) is 5.32 Å². The van der Waals surface area contributed by atoms with Gasteiger partial charge >= 0.3 is 0 Å². The number of benzene rings is 2. The Hall–Kier alpha value is -2.18. The minimum Gasteiger partial charge on any atom is -0.496 e. The molecule has 0 saturated carbocycles. The molecule has 2 rings (SSSR count). The van der Waals surface area contributed by atoms with Crippen molar-refractivity contribution in [3.05, 3.63) is 64.2 Å². The fourth-order valence-corrected chi connectivity index (χ4v) is 2.23. The fraction of sp³-hybridized carbons (Fsp3) is 0.188. The Morgan fingerprint density at radius 1 is 1.30 bits per heavy atom. The zero-order valence-electron chi connectivity index (χ0n) is 12.1. The fourth-order valence-electron chi connectivity index (χ4n) is 2.07. The predicted molar refractivity (Wildman–Crippen MR) is 81.7 cm³/mol. The summed E-state index contributed by atoms with van der Waals surface area (Å²) in [5, 5.41) is 12.7. The summed E-state index contributed by atoms with van der Waals surface area (Å²) in [6.07, 6.45) is -1.52. The summed E-state index contributed by atoms with van der Waals surface area (Å²) in [6, 6.07) is 7.68. The van der Waals surface area contributed by atoms with Gasteiger partial charge in [0.1, 0.15) is 23.5 Å². The van der Waals surface area contributed by atoms with Gasteiger partial charge in [0, 0.05) is 11.6 Å².